The van der Waals surface area contributed by atoms with Gasteiger partial charge in [0.15, 0.2) is 0 Å². The summed E-state index contributed by atoms with van der Waals surface area (Å²) in [6.07, 6.45) is 3.28. The van der Waals surface area contributed by atoms with Crippen molar-refractivity contribution in [3.05, 3.63) is 58.6 Å². The van der Waals surface area contributed by atoms with Gasteiger partial charge >= 0.3 is 0 Å². The molecule has 0 radical (unpaired) electrons. The summed E-state index contributed by atoms with van der Waals surface area (Å²) >= 11 is 6.07. The highest BCUT2D eigenvalue weighted by Gasteiger charge is 2.18. The molecule has 26 heavy (non-hydrogen) atoms. The van der Waals surface area contributed by atoms with Crippen molar-refractivity contribution in [3.8, 4) is 5.75 Å². The summed E-state index contributed by atoms with van der Waals surface area (Å²) in [5.74, 6) is 0.312. The Labute approximate surface area is 157 Å². The van der Waals surface area contributed by atoms with Crippen LogP contribution in [0.15, 0.2) is 42.5 Å². The summed E-state index contributed by atoms with van der Waals surface area (Å²) in [6.45, 7) is 1.61. The molecule has 136 valence electrons. The second-order valence-electron chi connectivity index (χ2n) is 6.23. The predicted octanol–water partition coefficient (Wildman–Crippen LogP) is 4.23. The molecule has 0 spiro atoms. The number of carbonyl (C=O) groups is 2. The van der Waals surface area contributed by atoms with E-state index in [1.54, 1.807) is 42.5 Å². The first kappa shape index (κ1) is 18.3. The van der Waals surface area contributed by atoms with Gasteiger partial charge in [-0.05, 0) is 61.7 Å². The second-order valence-corrected chi connectivity index (χ2v) is 6.64. The number of halogens is 1. The lowest BCUT2D eigenvalue weighted by Gasteiger charge is -2.26. The van der Waals surface area contributed by atoms with Crippen LogP contribution in [0.3, 0.4) is 0 Å². The summed E-state index contributed by atoms with van der Waals surface area (Å²) in [4.78, 5) is 26.7. The zero-order chi connectivity index (χ0) is 18.5. The number of nitrogens with one attached hydrogen (secondary N) is 1. The van der Waals surface area contributed by atoms with E-state index in [0.29, 0.717) is 27.6 Å². The fraction of sp³-hybridized carbons (Fsp3) is 0.300. The number of methoxy groups -OCH3 is 1. The van der Waals surface area contributed by atoms with E-state index in [1.165, 1.54) is 13.5 Å². The van der Waals surface area contributed by atoms with Crippen molar-refractivity contribution in [3.63, 3.8) is 0 Å². The smallest absolute Gasteiger partial charge is 0.255 e. The monoisotopic (exact) mass is 372 g/mol. The largest absolute Gasteiger partial charge is 0.495 e. The number of anilines is 1. The van der Waals surface area contributed by atoms with Crippen LogP contribution in [0.2, 0.25) is 5.02 Å². The van der Waals surface area contributed by atoms with Gasteiger partial charge in [-0.3, -0.25) is 9.59 Å². The fourth-order valence-corrected chi connectivity index (χ4v) is 3.25. The van der Waals surface area contributed by atoms with Crippen LogP contribution >= 0.6 is 11.6 Å². The van der Waals surface area contributed by atoms with Gasteiger partial charge in [-0.2, -0.15) is 0 Å². The van der Waals surface area contributed by atoms with Gasteiger partial charge in [-0.25, -0.2) is 0 Å². The SMILES string of the molecule is COc1ccc(NC(=O)c2ccc(C(=O)N3CCCCC3)cc2)cc1Cl. The summed E-state index contributed by atoms with van der Waals surface area (Å²) in [7, 11) is 1.53. The number of ether oxygens (including phenoxy) is 1. The van der Waals surface area contributed by atoms with Gasteiger partial charge in [0.25, 0.3) is 11.8 Å². The molecule has 0 atom stereocenters. The van der Waals surface area contributed by atoms with Crippen molar-refractivity contribution in [2.45, 2.75) is 19.3 Å². The van der Waals surface area contributed by atoms with E-state index in [0.717, 1.165) is 25.9 Å². The molecule has 2 aromatic rings. The van der Waals surface area contributed by atoms with E-state index in [1.807, 2.05) is 4.90 Å². The van der Waals surface area contributed by atoms with E-state index in [4.69, 9.17) is 16.3 Å². The van der Waals surface area contributed by atoms with Crippen LogP contribution in [0.4, 0.5) is 5.69 Å². The van der Waals surface area contributed by atoms with Gasteiger partial charge in [-0.1, -0.05) is 11.6 Å². The lowest BCUT2D eigenvalue weighted by atomic mass is 10.1. The highest BCUT2D eigenvalue weighted by atomic mass is 35.5. The summed E-state index contributed by atoms with van der Waals surface area (Å²) in [5.41, 5.74) is 1.66. The number of piperidine rings is 1. The highest BCUT2D eigenvalue weighted by Crippen LogP contribution is 2.27. The van der Waals surface area contributed by atoms with E-state index in [9.17, 15) is 9.59 Å². The van der Waals surface area contributed by atoms with Crippen molar-refractivity contribution in [2.24, 2.45) is 0 Å². The maximum atomic E-state index is 12.5. The first-order valence-electron chi connectivity index (χ1n) is 8.63. The molecule has 1 aliphatic rings. The third-order valence-electron chi connectivity index (χ3n) is 4.45. The van der Waals surface area contributed by atoms with Crippen LogP contribution < -0.4 is 10.1 Å². The first-order chi connectivity index (χ1) is 12.6. The molecule has 0 unspecified atom stereocenters. The van der Waals surface area contributed by atoms with Gasteiger partial charge in [0.2, 0.25) is 0 Å². The average Bonchev–Trinajstić information content (AvgIpc) is 2.68. The molecule has 2 aromatic carbocycles. The minimum absolute atomic E-state index is 0.0265. The summed E-state index contributed by atoms with van der Waals surface area (Å²) < 4.78 is 5.09. The molecular weight excluding hydrogens is 352 g/mol. The predicted molar refractivity (Wildman–Crippen MR) is 102 cm³/mol. The maximum Gasteiger partial charge on any atom is 0.255 e. The topological polar surface area (TPSA) is 58.6 Å². The molecule has 6 heteroatoms. The number of carbonyl (C=O) groups excluding carboxylic acids is 2. The van der Waals surface area contributed by atoms with E-state index in [2.05, 4.69) is 5.32 Å². The van der Waals surface area contributed by atoms with Crippen LogP contribution in [-0.4, -0.2) is 36.9 Å². The molecule has 5 nitrogen and oxygen atoms in total. The molecule has 3 rings (SSSR count). The Bertz CT molecular complexity index is 799. The molecule has 0 bridgehead atoms. The Morgan fingerprint density at radius 2 is 1.65 bits per heavy atom. The number of rotatable bonds is 4. The zero-order valence-corrected chi connectivity index (χ0v) is 15.4. The van der Waals surface area contributed by atoms with Crippen LogP contribution in [0, 0.1) is 0 Å². The Morgan fingerprint density at radius 1 is 1.00 bits per heavy atom. The molecule has 0 aliphatic carbocycles. The van der Waals surface area contributed by atoms with Crippen LogP contribution in [0.1, 0.15) is 40.0 Å². The lowest BCUT2D eigenvalue weighted by molar-refractivity contribution is 0.0724. The minimum atomic E-state index is -0.261. The number of amides is 2. The molecule has 0 aromatic heterocycles. The van der Waals surface area contributed by atoms with Crippen LogP contribution in [0.5, 0.6) is 5.75 Å². The van der Waals surface area contributed by atoms with E-state index in [-0.39, 0.29) is 11.8 Å². The zero-order valence-electron chi connectivity index (χ0n) is 14.6. The van der Waals surface area contributed by atoms with Crippen LogP contribution in [0.25, 0.3) is 0 Å². The number of benzene rings is 2. The standard InChI is InChI=1S/C20H21ClN2O3/c1-26-18-10-9-16(13-17(18)21)22-19(24)14-5-7-15(8-6-14)20(25)23-11-3-2-4-12-23/h5-10,13H,2-4,11-12H2,1H3,(H,22,24). The number of hydrogen-bond acceptors (Lipinski definition) is 3. The van der Waals surface area contributed by atoms with Crippen molar-refractivity contribution in [1.29, 1.82) is 0 Å². The second kappa shape index (κ2) is 8.23. The highest BCUT2D eigenvalue weighted by molar-refractivity contribution is 6.32. The van der Waals surface area contributed by atoms with Crippen molar-refractivity contribution < 1.29 is 14.3 Å². The molecular formula is C20H21ClN2O3. The Morgan fingerprint density at radius 3 is 2.27 bits per heavy atom. The lowest BCUT2D eigenvalue weighted by Crippen LogP contribution is -2.35. The first-order valence-corrected chi connectivity index (χ1v) is 9.00. The van der Waals surface area contributed by atoms with Gasteiger partial charge < -0.3 is 15.0 Å². The molecule has 0 saturated carbocycles. The Kier molecular flexibility index (Phi) is 5.78. The van der Waals surface area contributed by atoms with E-state index < -0.39 is 0 Å². The maximum absolute atomic E-state index is 12.5. The normalized spacial score (nSPS) is 14.0. The quantitative estimate of drug-likeness (QED) is 0.873. The summed E-state index contributed by atoms with van der Waals surface area (Å²) in [5, 5.41) is 3.21. The van der Waals surface area contributed by atoms with Gasteiger partial charge in [-0.15, -0.1) is 0 Å². The number of nitrogens with zero attached hydrogens (tertiary/aromatic N) is 1. The van der Waals surface area contributed by atoms with Gasteiger partial charge in [0.05, 0.1) is 12.1 Å². The summed E-state index contributed by atoms with van der Waals surface area (Å²) in [6, 6.07) is 11.8. The molecule has 1 fully saturated rings. The molecule has 1 aliphatic heterocycles. The fourth-order valence-electron chi connectivity index (χ4n) is 2.99. The molecule has 2 amide bonds. The van der Waals surface area contributed by atoms with E-state index >= 15 is 0 Å². The number of hydrogen-bond donors (Lipinski definition) is 1. The minimum Gasteiger partial charge on any atom is -0.495 e. The molecule has 1 N–H and O–H groups in total. The van der Waals surface area contributed by atoms with Gasteiger partial charge in [0, 0.05) is 29.9 Å². The van der Waals surface area contributed by atoms with Crippen molar-refractivity contribution >= 4 is 29.1 Å². The van der Waals surface area contributed by atoms with Crippen molar-refractivity contribution in [2.75, 3.05) is 25.5 Å². The third-order valence-corrected chi connectivity index (χ3v) is 4.74. The van der Waals surface area contributed by atoms with Crippen molar-refractivity contribution in [1.82, 2.24) is 4.90 Å². The number of likely N-dealkylation sites (tertiary alicyclic amines) is 1. The Balaban J connectivity index is 1.66. The third kappa shape index (κ3) is 4.17. The molecule has 1 heterocycles. The van der Waals surface area contributed by atoms with Crippen LogP contribution in [-0.2, 0) is 0 Å². The molecule has 1 saturated heterocycles. The Hall–Kier alpha value is -2.53. The van der Waals surface area contributed by atoms with Gasteiger partial charge in [0.1, 0.15) is 5.75 Å². The average molecular weight is 373 g/mol.